The van der Waals surface area contributed by atoms with Gasteiger partial charge < -0.3 is 11.5 Å². The third-order valence-corrected chi connectivity index (χ3v) is 2.44. The molecule has 2 rings (SSSR count). The van der Waals surface area contributed by atoms with Crippen molar-refractivity contribution in [2.24, 2.45) is 5.73 Å². The first-order chi connectivity index (χ1) is 10.5. The molecule has 0 aromatic carbocycles. The summed E-state index contributed by atoms with van der Waals surface area (Å²) >= 11 is 0. The van der Waals surface area contributed by atoms with Crippen LogP contribution < -0.4 is 11.5 Å². The molecule has 0 amide bonds. The summed E-state index contributed by atoms with van der Waals surface area (Å²) in [5.74, 6) is 0. The molecule has 4 nitrogen and oxygen atoms in total. The first kappa shape index (κ1) is 18.7. The number of nitrogens with zero attached hydrogens (tertiary/aromatic N) is 2. The van der Waals surface area contributed by atoms with Crippen LogP contribution in [0.2, 0.25) is 0 Å². The lowest BCUT2D eigenvalue weighted by Crippen LogP contribution is -2.07. The second-order valence-electron chi connectivity index (χ2n) is 4.29. The summed E-state index contributed by atoms with van der Waals surface area (Å²) in [6.07, 6.45) is -4.71. The first-order valence-corrected chi connectivity index (χ1v) is 6.03. The van der Waals surface area contributed by atoms with Gasteiger partial charge in [-0.2, -0.15) is 26.3 Å². The smallest absolute Gasteiger partial charge is 0.397 e. The van der Waals surface area contributed by atoms with Crippen molar-refractivity contribution >= 4 is 5.69 Å². The molecule has 0 saturated carbocycles. The molecule has 2 aromatic rings. The van der Waals surface area contributed by atoms with Crippen LogP contribution in [-0.4, -0.2) is 9.97 Å². The zero-order valence-corrected chi connectivity index (χ0v) is 11.5. The molecule has 10 heteroatoms. The van der Waals surface area contributed by atoms with Gasteiger partial charge in [-0.25, -0.2) is 0 Å². The fourth-order valence-corrected chi connectivity index (χ4v) is 1.37. The Kier molecular flexibility index (Phi) is 5.91. The zero-order chi connectivity index (χ0) is 17.7. The number of nitrogen functional groups attached to an aromatic ring is 1. The van der Waals surface area contributed by atoms with Gasteiger partial charge in [0.25, 0.3) is 0 Å². The Morgan fingerprint density at radius 3 is 1.65 bits per heavy atom. The summed E-state index contributed by atoms with van der Waals surface area (Å²) in [4.78, 5) is 6.73. The summed E-state index contributed by atoms with van der Waals surface area (Å²) < 4.78 is 71.7. The van der Waals surface area contributed by atoms with Gasteiger partial charge in [0.1, 0.15) is 0 Å². The Morgan fingerprint density at radius 1 is 0.783 bits per heavy atom. The molecule has 23 heavy (non-hydrogen) atoms. The van der Waals surface area contributed by atoms with Crippen molar-refractivity contribution in [1.29, 1.82) is 0 Å². The number of hydrogen-bond donors (Lipinski definition) is 2. The monoisotopic (exact) mass is 338 g/mol. The van der Waals surface area contributed by atoms with Gasteiger partial charge in [-0.05, 0) is 17.7 Å². The number of aromatic nitrogens is 2. The number of pyridine rings is 2. The van der Waals surface area contributed by atoms with Crippen molar-refractivity contribution in [3.8, 4) is 0 Å². The third-order valence-electron chi connectivity index (χ3n) is 2.44. The molecule has 0 radical (unpaired) electrons. The van der Waals surface area contributed by atoms with Crippen molar-refractivity contribution in [3.63, 3.8) is 0 Å². The topological polar surface area (TPSA) is 77.8 Å². The van der Waals surface area contributed by atoms with Crippen LogP contribution in [0.4, 0.5) is 32.0 Å². The van der Waals surface area contributed by atoms with Gasteiger partial charge in [0, 0.05) is 31.3 Å². The van der Waals surface area contributed by atoms with E-state index in [0.29, 0.717) is 5.56 Å². The van der Waals surface area contributed by atoms with Gasteiger partial charge in [-0.1, -0.05) is 0 Å². The summed E-state index contributed by atoms with van der Waals surface area (Å²) in [7, 11) is 0. The van der Waals surface area contributed by atoms with Crippen molar-refractivity contribution in [2.45, 2.75) is 18.9 Å². The molecule has 4 N–H and O–H groups in total. The van der Waals surface area contributed by atoms with Gasteiger partial charge in [0.2, 0.25) is 0 Å². The molecule has 2 aromatic heterocycles. The molecule has 0 aliphatic heterocycles. The maximum absolute atomic E-state index is 12.0. The summed E-state index contributed by atoms with van der Waals surface area (Å²) in [6.45, 7) is 0.0664. The van der Waals surface area contributed by atoms with Gasteiger partial charge in [-0.15, -0.1) is 0 Å². The Morgan fingerprint density at radius 2 is 1.26 bits per heavy atom. The van der Waals surface area contributed by atoms with Gasteiger partial charge >= 0.3 is 12.4 Å². The van der Waals surface area contributed by atoms with Crippen LogP contribution in [0.5, 0.6) is 0 Å². The van der Waals surface area contributed by atoms with Crippen LogP contribution in [0, 0.1) is 0 Å². The fourth-order valence-electron chi connectivity index (χ4n) is 1.37. The van der Waals surface area contributed by atoms with Crippen LogP contribution in [0.25, 0.3) is 0 Å². The van der Waals surface area contributed by atoms with E-state index in [1.807, 2.05) is 0 Å². The lowest BCUT2D eigenvalue weighted by atomic mass is 10.2. The summed E-state index contributed by atoms with van der Waals surface area (Å²) in [5, 5.41) is 0. The van der Waals surface area contributed by atoms with E-state index in [0.717, 1.165) is 30.7 Å². The molecular weight excluding hydrogens is 326 g/mol. The maximum atomic E-state index is 12.0. The Hall–Kier alpha value is -2.36. The van der Waals surface area contributed by atoms with E-state index in [9.17, 15) is 26.3 Å². The molecule has 0 atom stereocenters. The molecule has 2 heterocycles. The quantitative estimate of drug-likeness (QED) is 0.783. The number of anilines is 1. The van der Waals surface area contributed by atoms with E-state index < -0.39 is 23.5 Å². The molecule has 0 fully saturated rings. The SMILES string of the molecule is NCc1cncc(C(F)(F)F)c1.Nc1cncc(C(F)(F)F)c1. The predicted molar refractivity (Wildman–Crippen MR) is 70.8 cm³/mol. The molecule has 0 saturated heterocycles. The molecule has 126 valence electrons. The van der Waals surface area contributed by atoms with Crippen molar-refractivity contribution in [1.82, 2.24) is 9.97 Å². The van der Waals surface area contributed by atoms with Crippen molar-refractivity contribution < 1.29 is 26.3 Å². The third kappa shape index (κ3) is 6.10. The van der Waals surface area contributed by atoms with Crippen molar-refractivity contribution in [3.05, 3.63) is 53.6 Å². The van der Waals surface area contributed by atoms with E-state index in [-0.39, 0.29) is 12.2 Å². The van der Waals surface area contributed by atoms with Crippen LogP contribution in [-0.2, 0) is 18.9 Å². The van der Waals surface area contributed by atoms with Gasteiger partial charge in [0.05, 0.1) is 16.8 Å². The predicted octanol–water partition coefficient (Wildman–Crippen LogP) is 3.24. The molecule has 0 aliphatic rings. The molecule has 0 aliphatic carbocycles. The Bertz CT molecular complexity index is 639. The van der Waals surface area contributed by atoms with Gasteiger partial charge in [0.15, 0.2) is 0 Å². The largest absolute Gasteiger partial charge is 0.417 e. The van der Waals surface area contributed by atoms with Crippen LogP contribution >= 0.6 is 0 Å². The Labute approximate surface area is 127 Å². The number of alkyl halides is 6. The molecule has 0 bridgehead atoms. The number of nitrogens with two attached hydrogens (primary N) is 2. The van der Waals surface area contributed by atoms with E-state index in [1.165, 1.54) is 6.20 Å². The average Bonchev–Trinajstić information content (AvgIpc) is 2.46. The minimum atomic E-state index is -4.36. The molecular formula is C13H12F6N4. The standard InChI is InChI=1S/C7H7F3N2.C6H5F3N2/c8-7(9,10)6-1-5(2-11)3-12-4-6;7-6(8,9)4-1-5(10)3-11-2-4/h1,3-4H,2,11H2;1-3H,10H2. The normalized spacial score (nSPS) is 11.6. The van der Waals surface area contributed by atoms with E-state index in [2.05, 4.69) is 9.97 Å². The van der Waals surface area contributed by atoms with E-state index in [1.54, 1.807) is 0 Å². The minimum absolute atomic E-state index is 0.0137. The molecule has 0 spiro atoms. The first-order valence-electron chi connectivity index (χ1n) is 6.03. The lowest BCUT2D eigenvalue weighted by Gasteiger charge is -2.06. The number of halogens is 6. The number of hydrogen-bond acceptors (Lipinski definition) is 4. The second-order valence-corrected chi connectivity index (χ2v) is 4.29. The zero-order valence-electron chi connectivity index (χ0n) is 11.5. The van der Waals surface area contributed by atoms with E-state index in [4.69, 9.17) is 11.5 Å². The fraction of sp³-hybridized carbons (Fsp3) is 0.231. The van der Waals surface area contributed by atoms with Crippen LogP contribution in [0.15, 0.2) is 36.9 Å². The summed E-state index contributed by atoms with van der Waals surface area (Å²) in [5.41, 5.74) is 9.06. The average molecular weight is 338 g/mol. The lowest BCUT2D eigenvalue weighted by molar-refractivity contribution is -0.138. The highest BCUT2D eigenvalue weighted by Gasteiger charge is 2.31. The second kappa shape index (κ2) is 7.27. The highest BCUT2D eigenvalue weighted by Crippen LogP contribution is 2.29. The molecule has 0 unspecified atom stereocenters. The van der Waals surface area contributed by atoms with Crippen LogP contribution in [0.3, 0.4) is 0 Å². The minimum Gasteiger partial charge on any atom is -0.397 e. The van der Waals surface area contributed by atoms with E-state index >= 15 is 0 Å². The summed E-state index contributed by atoms with van der Waals surface area (Å²) in [6, 6.07) is 1.83. The highest BCUT2D eigenvalue weighted by atomic mass is 19.4. The maximum Gasteiger partial charge on any atom is 0.417 e. The Balaban J connectivity index is 0.000000231. The highest BCUT2D eigenvalue weighted by molar-refractivity contribution is 5.37. The van der Waals surface area contributed by atoms with Gasteiger partial charge in [-0.3, -0.25) is 9.97 Å². The number of rotatable bonds is 1. The van der Waals surface area contributed by atoms with Crippen molar-refractivity contribution in [2.75, 3.05) is 5.73 Å². The van der Waals surface area contributed by atoms with Crippen LogP contribution in [0.1, 0.15) is 16.7 Å².